The highest BCUT2D eigenvalue weighted by Crippen LogP contribution is 2.22. The number of nitrogens with zero attached hydrogens (tertiary/aromatic N) is 2. The van der Waals surface area contributed by atoms with Crippen LogP contribution in [0.25, 0.3) is 0 Å². The normalized spacial score (nSPS) is 21.6. The molecule has 0 bridgehead atoms. The summed E-state index contributed by atoms with van der Waals surface area (Å²) in [6, 6.07) is 4.29. The van der Waals surface area contributed by atoms with Gasteiger partial charge in [-0.1, -0.05) is 0 Å². The van der Waals surface area contributed by atoms with Crippen LogP contribution in [0.2, 0.25) is 0 Å². The monoisotopic (exact) mass is 263 g/mol. The average molecular weight is 263 g/mol. The second-order valence-electron chi connectivity index (χ2n) is 5.23. The van der Waals surface area contributed by atoms with Crippen LogP contribution in [0.15, 0.2) is 18.3 Å². The molecular formula is C14H21N3O2. The van der Waals surface area contributed by atoms with Gasteiger partial charge in [-0.05, 0) is 50.9 Å². The van der Waals surface area contributed by atoms with E-state index in [1.54, 1.807) is 0 Å². The molecule has 104 valence electrons. The van der Waals surface area contributed by atoms with Crippen molar-refractivity contribution >= 4 is 5.91 Å². The largest absolute Gasteiger partial charge is 0.340 e. The summed E-state index contributed by atoms with van der Waals surface area (Å²) in [6.45, 7) is 3.41. The number of hydrogen-bond acceptors (Lipinski definition) is 3. The number of amides is 1. The van der Waals surface area contributed by atoms with E-state index >= 15 is 0 Å². The Labute approximate surface area is 113 Å². The topological polar surface area (TPSA) is 46.5 Å². The van der Waals surface area contributed by atoms with Gasteiger partial charge in [-0.3, -0.25) is 9.63 Å². The number of piperidine rings is 1. The first-order valence-corrected chi connectivity index (χ1v) is 7.18. The number of hydrogen-bond donors (Lipinski definition) is 1. The fraction of sp³-hybridized carbons (Fsp3) is 0.643. The third-order valence-electron chi connectivity index (χ3n) is 3.93. The van der Waals surface area contributed by atoms with Crippen molar-refractivity contribution in [1.29, 1.82) is 0 Å². The van der Waals surface area contributed by atoms with Crippen LogP contribution >= 0.6 is 0 Å². The van der Waals surface area contributed by atoms with Gasteiger partial charge in [0.15, 0.2) is 0 Å². The van der Waals surface area contributed by atoms with Crippen molar-refractivity contribution < 1.29 is 9.63 Å². The van der Waals surface area contributed by atoms with Crippen LogP contribution in [-0.4, -0.2) is 41.8 Å². The summed E-state index contributed by atoms with van der Waals surface area (Å²) in [7, 11) is 0. The lowest BCUT2D eigenvalue weighted by atomic mass is 10.1. The van der Waals surface area contributed by atoms with E-state index < -0.39 is 0 Å². The van der Waals surface area contributed by atoms with Gasteiger partial charge in [-0.2, -0.15) is 0 Å². The van der Waals surface area contributed by atoms with Crippen molar-refractivity contribution in [2.45, 2.75) is 31.7 Å². The summed E-state index contributed by atoms with van der Waals surface area (Å²) in [5.74, 6) is 0.00299. The predicted octanol–water partition coefficient (Wildman–Crippen LogP) is 1.58. The molecule has 5 heteroatoms. The maximum atomic E-state index is 12.5. The molecule has 0 spiro atoms. The molecule has 1 aromatic rings. The van der Waals surface area contributed by atoms with Gasteiger partial charge in [0.25, 0.3) is 5.91 Å². The van der Waals surface area contributed by atoms with Crippen LogP contribution in [-0.2, 0) is 4.84 Å². The molecule has 0 aromatic carbocycles. The zero-order valence-electron chi connectivity index (χ0n) is 11.2. The van der Waals surface area contributed by atoms with Crippen LogP contribution in [0.5, 0.6) is 0 Å². The first kappa shape index (κ1) is 12.7. The molecule has 1 amide bonds. The molecule has 3 rings (SSSR count). The van der Waals surface area contributed by atoms with Gasteiger partial charge in [0.05, 0.1) is 6.61 Å². The van der Waals surface area contributed by atoms with Crippen LogP contribution < -0.4 is 5.32 Å². The minimum absolute atomic E-state index is 0.00299. The fourth-order valence-corrected chi connectivity index (χ4v) is 2.86. The lowest BCUT2D eigenvalue weighted by Gasteiger charge is -2.29. The Morgan fingerprint density at radius 3 is 2.89 bits per heavy atom. The predicted molar refractivity (Wildman–Crippen MR) is 71.8 cm³/mol. The molecular weight excluding hydrogens is 242 g/mol. The molecule has 2 saturated heterocycles. The second kappa shape index (κ2) is 5.75. The summed E-state index contributed by atoms with van der Waals surface area (Å²) >= 11 is 0. The zero-order valence-corrected chi connectivity index (χ0v) is 11.2. The molecule has 2 fully saturated rings. The third-order valence-corrected chi connectivity index (χ3v) is 3.93. The van der Waals surface area contributed by atoms with Crippen LogP contribution in [0.3, 0.4) is 0 Å². The quantitative estimate of drug-likeness (QED) is 0.881. The van der Waals surface area contributed by atoms with Crippen molar-refractivity contribution in [1.82, 2.24) is 14.9 Å². The van der Waals surface area contributed by atoms with Crippen molar-refractivity contribution in [2.24, 2.45) is 0 Å². The molecule has 5 nitrogen and oxygen atoms in total. The van der Waals surface area contributed by atoms with Crippen LogP contribution in [0.4, 0.5) is 0 Å². The Bertz CT molecular complexity index is 432. The van der Waals surface area contributed by atoms with Gasteiger partial charge in [0, 0.05) is 18.8 Å². The van der Waals surface area contributed by atoms with Gasteiger partial charge in [0.1, 0.15) is 5.69 Å². The van der Waals surface area contributed by atoms with E-state index in [0.717, 1.165) is 44.5 Å². The zero-order chi connectivity index (χ0) is 13.1. The molecule has 0 unspecified atom stereocenters. The second-order valence-corrected chi connectivity index (χ2v) is 5.23. The molecule has 0 radical (unpaired) electrons. The van der Waals surface area contributed by atoms with Crippen molar-refractivity contribution in [3.8, 4) is 0 Å². The van der Waals surface area contributed by atoms with E-state index in [4.69, 9.17) is 4.84 Å². The number of nitrogens with one attached hydrogen (secondary N) is 1. The summed E-state index contributed by atoms with van der Waals surface area (Å²) in [4.78, 5) is 18.0. The molecule has 3 heterocycles. The summed E-state index contributed by atoms with van der Waals surface area (Å²) in [6.07, 6.45) is 6.25. The van der Waals surface area contributed by atoms with Crippen LogP contribution in [0, 0.1) is 0 Å². The van der Waals surface area contributed by atoms with Gasteiger partial charge < -0.3 is 9.88 Å². The number of carbonyl (C=O) groups excluding carboxylic acids is 1. The summed E-state index contributed by atoms with van der Waals surface area (Å²) < 4.78 is 2.13. The molecule has 1 N–H and O–H groups in total. The first-order chi connectivity index (χ1) is 9.36. The van der Waals surface area contributed by atoms with E-state index in [9.17, 15) is 4.79 Å². The van der Waals surface area contributed by atoms with Crippen molar-refractivity contribution in [3.05, 3.63) is 24.0 Å². The van der Waals surface area contributed by atoms with Gasteiger partial charge in [0.2, 0.25) is 0 Å². The molecule has 0 atom stereocenters. The minimum atomic E-state index is 0.00299. The Morgan fingerprint density at radius 1 is 1.32 bits per heavy atom. The number of rotatable bonds is 2. The van der Waals surface area contributed by atoms with E-state index in [0.29, 0.717) is 19.2 Å². The number of aromatic nitrogens is 1. The van der Waals surface area contributed by atoms with E-state index in [-0.39, 0.29) is 5.91 Å². The van der Waals surface area contributed by atoms with Gasteiger partial charge >= 0.3 is 0 Å². The summed E-state index contributed by atoms with van der Waals surface area (Å²) in [5, 5.41) is 4.88. The smallest absolute Gasteiger partial charge is 0.294 e. The van der Waals surface area contributed by atoms with Crippen molar-refractivity contribution in [3.63, 3.8) is 0 Å². The first-order valence-electron chi connectivity index (χ1n) is 7.18. The SMILES string of the molecule is O=C(c1cccn1C1CCNCC1)N1CCCCO1. The van der Waals surface area contributed by atoms with E-state index in [1.807, 2.05) is 18.3 Å². The summed E-state index contributed by atoms with van der Waals surface area (Å²) in [5.41, 5.74) is 0.758. The average Bonchev–Trinajstić information content (AvgIpc) is 2.98. The van der Waals surface area contributed by atoms with Gasteiger partial charge in [-0.25, -0.2) is 5.06 Å². The molecule has 2 aliphatic rings. The molecule has 0 saturated carbocycles. The number of carbonyl (C=O) groups is 1. The molecule has 1 aromatic heterocycles. The van der Waals surface area contributed by atoms with Crippen LogP contribution in [0.1, 0.15) is 42.2 Å². The maximum absolute atomic E-state index is 12.5. The maximum Gasteiger partial charge on any atom is 0.294 e. The standard InChI is InChI=1S/C14H21N3O2/c18-14(17-10-1-2-11-19-17)13-4-3-9-16(13)12-5-7-15-8-6-12/h3-4,9,12,15H,1-2,5-8,10-11H2. The third kappa shape index (κ3) is 2.67. The van der Waals surface area contributed by atoms with E-state index in [2.05, 4.69) is 9.88 Å². The fourth-order valence-electron chi connectivity index (χ4n) is 2.86. The lowest BCUT2D eigenvalue weighted by molar-refractivity contribution is -0.144. The molecule has 19 heavy (non-hydrogen) atoms. The van der Waals surface area contributed by atoms with Gasteiger partial charge in [-0.15, -0.1) is 0 Å². The highest BCUT2D eigenvalue weighted by Gasteiger charge is 2.25. The Hall–Kier alpha value is -1.33. The highest BCUT2D eigenvalue weighted by molar-refractivity contribution is 5.92. The molecule has 2 aliphatic heterocycles. The minimum Gasteiger partial charge on any atom is -0.340 e. The Morgan fingerprint density at radius 2 is 2.16 bits per heavy atom. The Balaban J connectivity index is 1.76. The highest BCUT2D eigenvalue weighted by atomic mass is 16.7. The lowest BCUT2D eigenvalue weighted by Crippen LogP contribution is -2.38. The Kier molecular flexibility index (Phi) is 3.84. The number of hydroxylamine groups is 2. The van der Waals surface area contributed by atoms with Crippen molar-refractivity contribution in [2.75, 3.05) is 26.2 Å². The molecule has 0 aliphatic carbocycles. The van der Waals surface area contributed by atoms with E-state index in [1.165, 1.54) is 5.06 Å².